The van der Waals surface area contributed by atoms with E-state index in [0.717, 1.165) is 22.8 Å². The lowest BCUT2D eigenvalue weighted by Gasteiger charge is -2.28. The maximum atomic E-state index is 12.0. The van der Waals surface area contributed by atoms with Gasteiger partial charge in [-0.25, -0.2) is 0 Å². The molecule has 126 valence electrons. The first-order valence-corrected chi connectivity index (χ1v) is 8.08. The summed E-state index contributed by atoms with van der Waals surface area (Å²) in [6.45, 7) is 0.564. The standard InChI is InChI=1S/C19H20O5/c20-17(21)19(18(22)23,12-15-8-4-10-24-15)11-14-7-3-6-13-5-1-2-9-16(13)14/h1-3,5-7,9,15H,4,8,10-12H2,(H,20,21)(H,22,23)/t15-/m0/s1. The Bertz CT molecular complexity index is 742. The van der Waals surface area contributed by atoms with Gasteiger partial charge in [0.05, 0.1) is 6.10 Å². The molecule has 0 spiro atoms. The van der Waals surface area contributed by atoms with Crippen molar-refractivity contribution in [2.24, 2.45) is 5.41 Å². The summed E-state index contributed by atoms with van der Waals surface area (Å²) in [5, 5.41) is 21.4. The van der Waals surface area contributed by atoms with E-state index < -0.39 is 17.4 Å². The van der Waals surface area contributed by atoms with E-state index in [2.05, 4.69) is 0 Å². The molecular formula is C19H20O5. The Morgan fingerprint density at radius 1 is 1.08 bits per heavy atom. The molecule has 1 aliphatic heterocycles. The molecule has 0 bridgehead atoms. The van der Waals surface area contributed by atoms with Crippen LogP contribution in [0.3, 0.4) is 0 Å². The Labute approximate surface area is 139 Å². The molecule has 5 nitrogen and oxygen atoms in total. The SMILES string of the molecule is O=C(O)C(Cc1cccc2ccccc12)(C[C@@H]1CCCO1)C(=O)O. The number of rotatable bonds is 6. The van der Waals surface area contributed by atoms with Crippen LogP contribution in [-0.4, -0.2) is 34.9 Å². The normalized spacial score (nSPS) is 17.9. The van der Waals surface area contributed by atoms with E-state index in [0.29, 0.717) is 13.0 Å². The number of carboxylic acids is 2. The third-order valence-electron chi connectivity index (χ3n) is 4.79. The van der Waals surface area contributed by atoms with Gasteiger partial charge in [0.2, 0.25) is 0 Å². The van der Waals surface area contributed by atoms with Gasteiger partial charge in [0, 0.05) is 13.0 Å². The molecule has 1 aliphatic rings. The lowest BCUT2D eigenvalue weighted by atomic mass is 9.76. The van der Waals surface area contributed by atoms with Crippen molar-refractivity contribution in [1.82, 2.24) is 0 Å². The monoisotopic (exact) mass is 328 g/mol. The smallest absolute Gasteiger partial charge is 0.321 e. The van der Waals surface area contributed by atoms with Gasteiger partial charge >= 0.3 is 11.9 Å². The molecule has 0 unspecified atom stereocenters. The van der Waals surface area contributed by atoms with E-state index in [4.69, 9.17) is 4.74 Å². The number of fused-ring (bicyclic) bond motifs is 1. The summed E-state index contributed by atoms with van der Waals surface area (Å²) in [6.07, 6.45) is 1.17. The van der Waals surface area contributed by atoms with Crippen molar-refractivity contribution in [3.8, 4) is 0 Å². The van der Waals surface area contributed by atoms with Crippen molar-refractivity contribution in [3.05, 3.63) is 48.0 Å². The number of ether oxygens (including phenoxy) is 1. The summed E-state index contributed by atoms with van der Waals surface area (Å²) >= 11 is 0. The summed E-state index contributed by atoms with van der Waals surface area (Å²) in [5.41, 5.74) is -1.14. The van der Waals surface area contributed by atoms with Gasteiger partial charge in [-0.2, -0.15) is 0 Å². The third kappa shape index (κ3) is 2.99. The molecule has 3 rings (SSSR count). The minimum atomic E-state index is -1.88. The average Bonchev–Trinajstić information content (AvgIpc) is 3.07. The molecule has 2 aromatic rings. The topological polar surface area (TPSA) is 83.8 Å². The average molecular weight is 328 g/mol. The minimum Gasteiger partial charge on any atom is -0.480 e. The van der Waals surface area contributed by atoms with Gasteiger partial charge in [-0.05, 0) is 35.6 Å². The van der Waals surface area contributed by atoms with Crippen molar-refractivity contribution >= 4 is 22.7 Å². The largest absolute Gasteiger partial charge is 0.480 e. The minimum absolute atomic E-state index is 0.0130. The molecule has 24 heavy (non-hydrogen) atoms. The van der Waals surface area contributed by atoms with Gasteiger partial charge in [-0.15, -0.1) is 0 Å². The van der Waals surface area contributed by atoms with E-state index in [-0.39, 0.29) is 18.9 Å². The van der Waals surface area contributed by atoms with Crippen LogP contribution in [0.1, 0.15) is 24.8 Å². The summed E-state index contributed by atoms with van der Waals surface area (Å²) < 4.78 is 5.51. The van der Waals surface area contributed by atoms with Crippen LogP contribution in [0.15, 0.2) is 42.5 Å². The summed E-state index contributed by atoms with van der Waals surface area (Å²) in [7, 11) is 0. The second kappa shape index (κ2) is 6.61. The molecule has 1 saturated heterocycles. The van der Waals surface area contributed by atoms with Crippen LogP contribution in [0.5, 0.6) is 0 Å². The molecule has 1 heterocycles. The van der Waals surface area contributed by atoms with Crippen LogP contribution in [0.4, 0.5) is 0 Å². The maximum absolute atomic E-state index is 12.0. The predicted molar refractivity (Wildman–Crippen MR) is 88.9 cm³/mol. The highest BCUT2D eigenvalue weighted by Gasteiger charge is 2.49. The molecule has 0 aliphatic carbocycles. The number of aliphatic carboxylic acids is 2. The van der Waals surface area contributed by atoms with Crippen molar-refractivity contribution < 1.29 is 24.5 Å². The first-order valence-electron chi connectivity index (χ1n) is 8.08. The summed E-state index contributed by atoms with van der Waals surface area (Å²) in [6, 6.07) is 13.2. The second-order valence-electron chi connectivity index (χ2n) is 6.35. The fourth-order valence-electron chi connectivity index (χ4n) is 3.46. The van der Waals surface area contributed by atoms with Crippen molar-refractivity contribution in [1.29, 1.82) is 0 Å². The van der Waals surface area contributed by atoms with Gasteiger partial charge in [-0.3, -0.25) is 9.59 Å². The first-order chi connectivity index (χ1) is 11.5. The van der Waals surface area contributed by atoms with Crippen molar-refractivity contribution in [3.63, 3.8) is 0 Å². The molecule has 1 atom stereocenters. The van der Waals surface area contributed by atoms with Crippen LogP contribution in [0.25, 0.3) is 10.8 Å². The van der Waals surface area contributed by atoms with Crippen LogP contribution in [0, 0.1) is 5.41 Å². The predicted octanol–water partition coefficient (Wildman–Crippen LogP) is 3.11. The van der Waals surface area contributed by atoms with Gasteiger partial charge in [0.15, 0.2) is 5.41 Å². The molecule has 2 aromatic carbocycles. The quantitative estimate of drug-likeness (QED) is 0.796. The van der Waals surface area contributed by atoms with Gasteiger partial charge in [0.1, 0.15) is 0 Å². The van der Waals surface area contributed by atoms with Crippen LogP contribution >= 0.6 is 0 Å². The highest BCUT2D eigenvalue weighted by molar-refractivity contribution is 5.99. The number of benzene rings is 2. The van der Waals surface area contributed by atoms with E-state index >= 15 is 0 Å². The molecule has 0 aromatic heterocycles. The maximum Gasteiger partial charge on any atom is 0.321 e. The number of hydrogen-bond donors (Lipinski definition) is 2. The molecule has 5 heteroatoms. The zero-order chi connectivity index (χ0) is 17.2. The van der Waals surface area contributed by atoms with Crippen LogP contribution in [-0.2, 0) is 20.7 Å². The highest BCUT2D eigenvalue weighted by Crippen LogP contribution is 2.35. The van der Waals surface area contributed by atoms with Gasteiger partial charge in [0.25, 0.3) is 0 Å². The molecule has 0 amide bonds. The summed E-state index contributed by atoms with van der Waals surface area (Å²) in [5.74, 6) is -2.61. The van der Waals surface area contributed by atoms with E-state index in [1.807, 2.05) is 36.4 Å². The zero-order valence-corrected chi connectivity index (χ0v) is 13.3. The Kier molecular flexibility index (Phi) is 4.53. The van der Waals surface area contributed by atoms with Crippen molar-refractivity contribution in [2.45, 2.75) is 31.8 Å². The second-order valence-corrected chi connectivity index (χ2v) is 6.35. The molecule has 0 radical (unpaired) electrons. The van der Waals surface area contributed by atoms with Crippen LogP contribution in [0.2, 0.25) is 0 Å². The fraction of sp³-hybridized carbons (Fsp3) is 0.368. The Morgan fingerprint density at radius 2 is 1.79 bits per heavy atom. The highest BCUT2D eigenvalue weighted by atomic mass is 16.5. The number of carbonyl (C=O) groups is 2. The van der Waals surface area contributed by atoms with E-state index in [9.17, 15) is 19.8 Å². The van der Waals surface area contributed by atoms with Gasteiger partial charge < -0.3 is 14.9 Å². The third-order valence-corrected chi connectivity index (χ3v) is 4.79. The van der Waals surface area contributed by atoms with Crippen LogP contribution < -0.4 is 0 Å². The number of hydrogen-bond acceptors (Lipinski definition) is 3. The molecule has 1 fully saturated rings. The first kappa shape index (κ1) is 16.5. The lowest BCUT2D eigenvalue weighted by molar-refractivity contribution is -0.167. The Hall–Kier alpha value is -2.40. The summed E-state index contributed by atoms with van der Waals surface area (Å²) in [4.78, 5) is 23.9. The van der Waals surface area contributed by atoms with Gasteiger partial charge in [-0.1, -0.05) is 42.5 Å². The molecular weight excluding hydrogens is 308 g/mol. The number of carboxylic acid groups (broad SMARTS) is 2. The Balaban J connectivity index is 2.01. The Morgan fingerprint density at radius 3 is 2.46 bits per heavy atom. The fourth-order valence-corrected chi connectivity index (χ4v) is 3.46. The zero-order valence-electron chi connectivity index (χ0n) is 13.3. The van der Waals surface area contributed by atoms with E-state index in [1.54, 1.807) is 6.07 Å². The van der Waals surface area contributed by atoms with E-state index in [1.165, 1.54) is 0 Å². The molecule has 2 N–H and O–H groups in total. The lowest BCUT2D eigenvalue weighted by Crippen LogP contribution is -2.44. The van der Waals surface area contributed by atoms with Crippen molar-refractivity contribution in [2.75, 3.05) is 6.61 Å². The molecule has 0 saturated carbocycles.